The minimum atomic E-state index is -2.65. The molecule has 0 amide bonds. The summed E-state index contributed by atoms with van der Waals surface area (Å²) in [5, 5.41) is 24.8. The van der Waals surface area contributed by atoms with Gasteiger partial charge in [0.2, 0.25) is 5.95 Å². The van der Waals surface area contributed by atoms with Crippen LogP contribution in [0.25, 0.3) is 27.7 Å². The first-order valence-electron chi connectivity index (χ1n) is 11.6. The molecule has 1 fully saturated rings. The molecule has 0 aliphatic carbocycles. The highest BCUT2D eigenvalue weighted by Crippen LogP contribution is 2.35. The first-order valence-corrected chi connectivity index (χ1v) is 11.6. The van der Waals surface area contributed by atoms with E-state index in [1.807, 2.05) is 17.9 Å². The Morgan fingerprint density at radius 2 is 2.14 bits per heavy atom. The minimum absolute atomic E-state index is 0.000197. The van der Waals surface area contributed by atoms with Crippen LogP contribution in [-0.4, -0.2) is 66.2 Å². The number of aromatic nitrogens is 6. The molecule has 13 heteroatoms. The Morgan fingerprint density at radius 1 is 1.35 bits per heavy atom. The molecule has 3 aromatic heterocycles. The Bertz CT molecular complexity index is 1550. The largest absolute Gasteiger partial charge is 0.372 e. The maximum absolute atomic E-state index is 15.6. The van der Waals surface area contributed by atoms with Gasteiger partial charge in [-0.05, 0) is 38.0 Å². The van der Waals surface area contributed by atoms with Gasteiger partial charge in [-0.15, -0.1) is 10.2 Å². The number of alkyl halides is 3. The van der Waals surface area contributed by atoms with Gasteiger partial charge >= 0.3 is 0 Å². The van der Waals surface area contributed by atoms with E-state index in [9.17, 15) is 18.4 Å². The van der Waals surface area contributed by atoms with Gasteiger partial charge in [0, 0.05) is 17.8 Å². The quantitative estimate of drug-likeness (QED) is 0.388. The van der Waals surface area contributed by atoms with Crippen molar-refractivity contribution < 1.29 is 17.6 Å². The number of likely N-dealkylation sites (tertiary alicyclic amines) is 1. The van der Waals surface area contributed by atoms with Crippen molar-refractivity contribution in [1.82, 2.24) is 34.5 Å². The normalized spacial score (nSPS) is 18.1. The Hall–Kier alpha value is -4.21. The highest BCUT2D eigenvalue weighted by atomic mass is 19.3. The van der Waals surface area contributed by atoms with Gasteiger partial charge in [-0.2, -0.15) is 10.2 Å². The molecule has 192 valence electrons. The molecule has 37 heavy (non-hydrogen) atoms. The van der Waals surface area contributed by atoms with Crippen LogP contribution >= 0.6 is 0 Å². The number of nitrogens with zero attached hydrogens (tertiary/aromatic N) is 8. The number of nitriles is 1. The van der Waals surface area contributed by atoms with Crippen LogP contribution in [0.3, 0.4) is 0 Å². The summed E-state index contributed by atoms with van der Waals surface area (Å²) in [6, 6.07) is 5.99. The molecule has 1 aliphatic rings. The van der Waals surface area contributed by atoms with E-state index in [-0.39, 0.29) is 35.0 Å². The van der Waals surface area contributed by atoms with Crippen LogP contribution < -0.4 is 5.32 Å². The van der Waals surface area contributed by atoms with Crippen molar-refractivity contribution >= 4 is 22.5 Å². The second-order valence-corrected chi connectivity index (χ2v) is 9.03. The first-order chi connectivity index (χ1) is 17.7. The summed E-state index contributed by atoms with van der Waals surface area (Å²) in [5.41, 5.74) is 1.92. The molecule has 0 saturated carbocycles. The van der Waals surface area contributed by atoms with Crippen molar-refractivity contribution in [1.29, 1.82) is 5.26 Å². The maximum atomic E-state index is 15.6. The van der Waals surface area contributed by atoms with Crippen molar-refractivity contribution in [3.05, 3.63) is 47.7 Å². The molecule has 9 nitrogen and oxygen atoms in total. The van der Waals surface area contributed by atoms with Crippen LogP contribution in [0.1, 0.15) is 24.7 Å². The third kappa shape index (κ3) is 4.32. The van der Waals surface area contributed by atoms with Gasteiger partial charge in [0.05, 0.1) is 23.8 Å². The van der Waals surface area contributed by atoms with Crippen LogP contribution in [0.4, 0.5) is 23.5 Å². The predicted molar refractivity (Wildman–Crippen MR) is 128 cm³/mol. The number of hydrogen-bond donors (Lipinski definition) is 1. The lowest BCUT2D eigenvalue weighted by atomic mass is 10.0. The van der Waals surface area contributed by atoms with Crippen LogP contribution in [0, 0.1) is 24.1 Å². The van der Waals surface area contributed by atoms with E-state index in [0.29, 0.717) is 29.6 Å². The third-order valence-electron chi connectivity index (χ3n) is 6.56. The Morgan fingerprint density at radius 3 is 2.81 bits per heavy atom. The van der Waals surface area contributed by atoms with Gasteiger partial charge in [0.1, 0.15) is 29.8 Å². The number of hydrogen-bond acceptors (Lipinski definition) is 7. The highest BCUT2D eigenvalue weighted by molar-refractivity contribution is 5.90. The summed E-state index contributed by atoms with van der Waals surface area (Å²) in [5.74, 6) is -0.645. The van der Waals surface area contributed by atoms with Crippen LogP contribution in [0.15, 0.2) is 30.5 Å². The van der Waals surface area contributed by atoms with Crippen molar-refractivity contribution in [2.45, 2.75) is 45.5 Å². The van der Waals surface area contributed by atoms with E-state index in [1.165, 1.54) is 17.5 Å². The number of anilines is 1. The molecule has 1 saturated heterocycles. The molecule has 2 unspecified atom stereocenters. The van der Waals surface area contributed by atoms with E-state index < -0.39 is 31.0 Å². The highest BCUT2D eigenvalue weighted by Gasteiger charge is 2.30. The SMILES string of the molecule is C=C(C)N1CCC(Nc2nc(C#N)c3c(-c4ccc5nnn(CC(F)F)c5c4)c(F)c(C)n3n2)C(F)C1. The Labute approximate surface area is 209 Å². The average molecular weight is 514 g/mol. The molecule has 0 radical (unpaired) electrons. The molecular weight excluding hydrogens is 490 g/mol. The molecule has 1 N–H and O–H groups in total. The lowest BCUT2D eigenvalue weighted by Crippen LogP contribution is -2.47. The Kier molecular flexibility index (Phi) is 6.18. The smallest absolute Gasteiger partial charge is 0.258 e. The zero-order valence-electron chi connectivity index (χ0n) is 20.1. The molecule has 0 bridgehead atoms. The first kappa shape index (κ1) is 24.5. The molecule has 1 aromatic carbocycles. The monoisotopic (exact) mass is 513 g/mol. The number of aryl methyl sites for hydroxylation is 1. The van der Waals surface area contributed by atoms with E-state index in [2.05, 4.69) is 32.3 Å². The number of piperidine rings is 1. The average Bonchev–Trinajstić information content (AvgIpc) is 3.37. The van der Waals surface area contributed by atoms with Gasteiger partial charge in [-0.25, -0.2) is 26.8 Å². The molecule has 4 aromatic rings. The number of fused-ring (bicyclic) bond motifs is 2. The fourth-order valence-corrected chi connectivity index (χ4v) is 4.64. The number of halogens is 4. The van der Waals surface area contributed by atoms with Gasteiger partial charge in [0.25, 0.3) is 6.43 Å². The summed E-state index contributed by atoms with van der Waals surface area (Å²) in [6.07, 6.45) is -3.42. The van der Waals surface area contributed by atoms with Crippen LogP contribution in [0.5, 0.6) is 0 Å². The standard InChI is InChI=1S/C24H23F4N9/c1-12(2)35-7-6-16(15(25)10-35)30-24-31-18(9-29)23-21(22(28)13(3)37(23)33-24)14-4-5-17-19(8-14)36(34-32-17)11-20(26)27/h4-5,8,15-16,20H,1,6-7,10-11H2,2-3H3,(H,30,33). The lowest BCUT2D eigenvalue weighted by Gasteiger charge is -2.36. The molecular formula is C24H23F4N9. The minimum Gasteiger partial charge on any atom is -0.372 e. The van der Waals surface area contributed by atoms with E-state index >= 15 is 4.39 Å². The predicted octanol–water partition coefficient (Wildman–Crippen LogP) is 4.08. The van der Waals surface area contributed by atoms with Crippen molar-refractivity contribution in [2.24, 2.45) is 0 Å². The zero-order valence-corrected chi connectivity index (χ0v) is 20.1. The molecule has 0 spiro atoms. The Balaban J connectivity index is 1.56. The number of rotatable bonds is 6. The number of allylic oxidation sites excluding steroid dienone is 1. The van der Waals surface area contributed by atoms with Gasteiger partial charge < -0.3 is 10.2 Å². The molecule has 5 rings (SSSR count). The van der Waals surface area contributed by atoms with Gasteiger partial charge in [-0.3, -0.25) is 0 Å². The van der Waals surface area contributed by atoms with E-state index in [0.717, 1.165) is 10.4 Å². The summed E-state index contributed by atoms with van der Waals surface area (Å²) in [7, 11) is 0. The summed E-state index contributed by atoms with van der Waals surface area (Å²) in [4.78, 5) is 6.11. The van der Waals surface area contributed by atoms with Crippen molar-refractivity contribution in [2.75, 3.05) is 18.4 Å². The third-order valence-corrected chi connectivity index (χ3v) is 6.56. The van der Waals surface area contributed by atoms with Gasteiger partial charge in [0.15, 0.2) is 11.5 Å². The second-order valence-electron chi connectivity index (χ2n) is 9.03. The lowest BCUT2D eigenvalue weighted by molar-refractivity contribution is 0.122. The van der Waals surface area contributed by atoms with Crippen LogP contribution in [-0.2, 0) is 6.54 Å². The van der Waals surface area contributed by atoms with E-state index in [1.54, 1.807) is 12.1 Å². The fourth-order valence-electron chi connectivity index (χ4n) is 4.64. The molecule has 4 heterocycles. The van der Waals surface area contributed by atoms with Crippen molar-refractivity contribution in [3.8, 4) is 17.2 Å². The topological polar surface area (TPSA) is 100.0 Å². The summed E-state index contributed by atoms with van der Waals surface area (Å²) in [6.45, 7) is 7.27. The summed E-state index contributed by atoms with van der Waals surface area (Å²) < 4.78 is 58.6. The molecule has 1 aliphatic heterocycles. The number of nitrogens with one attached hydrogen (secondary N) is 1. The van der Waals surface area contributed by atoms with Gasteiger partial charge in [-0.1, -0.05) is 17.9 Å². The van der Waals surface area contributed by atoms with Crippen LogP contribution in [0.2, 0.25) is 0 Å². The zero-order chi connectivity index (χ0) is 26.4. The van der Waals surface area contributed by atoms with E-state index in [4.69, 9.17) is 0 Å². The maximum Gasteiger partial charge on any atom is 0.258 e. The number of benzene rings is 1. The molecule has 2 atom stereocenters. The van der Waals surface area contributed by atoms with Crippen molar-refractivity contribution in [3.63, 3.8) is 0 Å². The second kappa shape index (κ2) is 9.34. The summed E-state index contributed by atoms with van der Waals surface area (Å²) >= 11 is 0. The fraction of sp³-hybridized carbons (Fsp3) is 0.375.